The van der Waals surface area contributed by atoms with Crippen LogP contribution in [0.5, 0.6) is 0 Å². The Morgan fingerprint density at radius 1 is 1.03 bits per heavy atom. The third-order valence-corrected chi connectivity index (χ3v) is 6.50. The second-order valence-corrected chi connectivity index (χ2v) is 12.3. The minimum Gasteiger partial charge on any atom is -0.444 e. The number of terminal acetylenes is 1. The van der Waals surface area contributed by atoms with E-state index < -0.39 is 23.8 Å². The number of carbonyl (C=O) groups excluding carboxylic acids is 3. The van der Waals surface area contributed by atoms with Crippen molar-refractivity contribution in [3.63, 3.8) is 0 Å². The fourth-order valence-electron chi connectivity index (χ4n) is 4.08. The van der Waals surface area contributed by atoms with E-state index in [2.05, 4.69) is 30.4 Å². The summed E-state index contributed by atoms with van der Waals surface area (Å²) in [4.78, 5) is 42.5. The maximum absolute atomic E-state index is 14.4. The first-order valence-electron chi connectivity index (χ1n) is 13.4. The normalized spacial score (nSPS) is 13.8. The van der Waals surface area contributed by atoms with Gasteiger partial charge in [0.2, 0.25) is 11.8 Å². The van der Waals surface area contributed by atoms with Gasteiger partial charge in [0, 0.05) is 17.6 Å². The molecule has 38 heavy (non-hydrogen) atoms. The smallest absolute Gasteiger partial charge is 0.408 e. The molecule has 212 valence electrons. The van der Waals surface area contributed by atoms with E-state index in [1.807, 2.05) is 39.2 Å². The number of amides is 3. The molecule has 3 amide bonds. The first-order valence-corrected chi connectivity index (χ1v) is 14.8. The molecular formula is C30H47N3O4S. The summed E-state index contributed by atoms with van der Waals surface area (Å²) >= 11 is 1.58. The number of hydrogen-bond donors (Lipinski definition) is 2. The standard InChI is InChI=1S/C30H47N3O4S/c1-11-23-14-12-13-15-24(23)26(27(34)31-21(4)5)33(22(6)17-16-20(2)3)28(35)25(18-19-38-10)32-29(36)37-30(7,8)9/h1,12-15,20-22,25-26H,16-19H2,2-10H3,(H,31,34)(H,32,36). The van der Waals surface area contributed by atoms with E-state index in [0.717, 1.165) is 6.42 Å². The largest absolute Gasteiger partial charge is 0.444 e. The molecule has 0 saturated carbocycles. The molecule has 1 rings (SSSR count). The van der Waals surface area contributed by atoms with E-state index in [1.54, 1.807) is 49.6 Å². The molecule has 0 fully saturated rings. The summed E-state index contributed by atoms with van der Waals surface area (Å²) in [6.07, 6.45) is 9.06. The quantitative estimate of drug-likeness (QED) is 0.318. The predicted octanol–water partition coefficient (Wildman–Crippen LogP) is 5.53. The summed E-state index contributed by atoms with van der Waals surface area (Å²) in [6, 6.07) is 4.94. The van der Waals surface area contributed by atoms with Crippen molar-refractivity contribution >= 4 is 29.7 Å². The maximum atomic E-state index is 14.4. The predicted molar refractivity (Wildman–Crippen MR) is 157 cm³/mol. The molecule has 0 radical (unpaired) electrons. The topological polar surface area (TPSA) is 87.7 Å². The Morgan fingerprint density at radius 2 is 1.66 bits per heavy atom. The van der Waals surface area contributed by atoms with Crippen LogP contribution >= 0.6 is 11.8 Å². The zero-order valence-corrected chi connectivity index (χ0v) is 25.4. The van der Waals surface area contributed by atoms with Gasteiger partial charge in [-0.1, -0.05) is 38.0 Å². The fourth-order valence-corrected chi connectivity index (χ4v) is 4.55. The van der Waals surface area contributed by atoms with Crippen LogP contribution in [0.4, 0.5) is 4.79 Å². The number of hydrogen-bond acceptors (Lipinski definition) is 5. The Balaban J connectivity index is 3.67. The summed E-state index contributed by atoms with van der Waals surface area (Å²) in [5, 5.41) is 5.77. The SMILES string of the molecule is C#Cc1ccccc1C(C(=O)NC(C)C)N(C(=O)C(CCSC)NC(=O)OC(C)(C)C)C(C)CCC(C)C. The number of nitrogens with zero attached hydrogens (tertiary/aromatic N) is 1. The van der Waals surface area contributed by atoms with Crippen molar-refractivity contribution in [1.29, 1.82) is 0 Å². The van der Waals surface area contributed by atoms with Crippen LogP contribution in [0.2, 0.25) is 0 Å². The van der Waals surface area contributed by atoms with Crippen LogP contribution in [-0.2, 0) is 14.3 Å². The second kappa shape index (κ2) is 15.7. The highest BCUT2D eigenvalue weighted by Crippen LogP contribution is 2.30. The van der Waals surface area contributed by atoms with Gasteiger partial charge in [-0.25, -0.2) is 4.79 Å². The van der Waals surface area contributed by atoms with Crippen molar-refractivity contribution in [2.45, 2.75) is 104 Å². The van der Waals surface area contributed by atoms with E-state index in [-0.39, 0.29) is 23.9 Å². The summed E-state index contributed by atoms with van der Waals surface area (Å²) in [7, 11) is 0. The van der Waals surface area contributed by atoms with E-state index in [0.29, 0.717) is 35.6 Å². The van der Waals surface area contributed by atoms with Gasteiger partial charge < -0.3 is 20.3 Å². The van der Waals surface area contributed by atoms with E-state index in [1.165, 1.54) is 0 Å². The van der Waals surface area contributed by atoms with Crippen molar-refractivity contribution in [2.24, 2.45) is 5.92 Å². The van der Waals surface area contributed by atoms with Crippen molar-refractivity contribution in [1.82, 2.24) is 15.5 Å². The van der Waals surface area contributed by atoms with E-state index >= 15 is 0 Å². The highest BCUT2D eigenvalue weighted by Gasteiger charge is 2.39. The molecule has 0 spiro atoms. The molecule has 7 nitrogen and oxygen atoms in total. The van der Waals surface area contributed by atoms with Gasteiger partial charge >= 0.3 is 6.09 Å². The Labute approximate surface area is 234 Å². The first-order chi connectivity index (χ1) is 17.7. The van der Waals surface area contributed by atoms with Crippen LogP contribution in [0, 0.1) is 18.3 Å². The zero-order valence-electron chi connectivity index (χ0n) is 24.6. The molecule has 1 aromatic carbocycles. The van der Waals surface area contributed by atoms with Crippen molar-refractivity contribution in [3.8, 4) is 12.3 Å². The molecule has 0 saturated heterocycles. The molecule has 3 atom stereocenters. The van der Waals surface area contributed by atoms with Gasteiger partial charge in [0.05, 0.1) is 0 Å². The third kappa shape index (κ3) is 11.0. The number of rotatable bonds is 13. The van der Waals surface area contributed by atoms with Crippen LogP contribution in [0.25, 0.3) is 0 Å². The molecule has 0 bridgehead atoms. The van der Waals surface area contributed by atoms with Gasteiger partial charge in [0.15, 0.2) is 0 Å². The lowest BCUT2D eigenvalue weighted by Crippen LogP contribution is -2.56. The number of carbonyl (C=O) groups is 3. The molecule has 3 unspecified atom stereocenters. The van der Waals surface area contributed by atoms with Gasteiger partial charge in [0.1, 0.15) is 17.7 Å². The van der Waals surface area contributed by atoms with Crippen LogP contribution in [-0.4, -0.2) is 58.5 Å². The fraction of sp³-hybridized carbons (Fsp3) is 0.633. The molecule has 8 heteroatoms. The van der Waals surface area contributed by atoms with Gasteiger partial charge in [-0.2, -0.15) is 11.8 Å². The number of ether oxygens (including phenoxy) is 1. The molecule has 1 aromatic rings. The molecule has 0 aliphatic rings. The molecule has 2 N–H and O–H groups in total. The molecule has 0 aliphatic carbocycles. The number of benzene rings is 1. The Morgan fingerprint density at radius 3 is 2.18 bits per heavy atom. The Bertz CT molecular complexity index is 965. The average molecular weight is 546 g/mol. The number of thioether (sulfide) groups is 1. The maximum Gasteiger partial charge on any atom is 0.408 e. The minimum atomic E-state index is -0.962. The van der Waals surface area contributed by atoms with Crippen LogP contribution in [0.15, 0.2) is 24.3 Å². The first kappa shape index (κ1) is 33.4. The van der Waals surface area contributed by atoms with Crippen LogP contribution in [0.3, 0.4) is 0 Å². The lowest BCUT2D eigenvalue weighted by molar-refractivity contribution is -0.145. The van der Waals surface area contributed by atoms with Gasteiger partial charge in [-0.05, 0) is 90.4 Å². The average Bonchev–Trinajstić information content (AvgIpc) is 2.81. The van der Waals surface area contributed by atoms with Crippen LogP contribution < -0.4 is 10.6 Å². The number of nitrogens with one attached hydrogen (secondary N) is 2. The monoisotopic (exact) mass is 545 g/mol. The highest BCUT2D eigenvalue weighted by molar-refractivity contribution is 7.98. The van der Waals surface area contributed by atoms with E-state index in [4.69, 9.17) is 11.2 Å². The second-order valence-electron chi connectivity index (χ2n) is 11.3. The van der Waals surface area contributed by atoms with E-state index in [9.17, 15) is 14.4 Å². The summed E-state index contributed by atoms with van der Waals surface area (Å²) < 4.78 is 5.47. The molecule has 0 aromatic heterocycles. The van der Waals surface area contributed by atoms with Crippen molar-refractivity contribution < 1.29 is 19.1 Å². The van der Waals surface area contributed by atoms with Gasteiger partial charge in [-0.3, -0.25) is 9.59 Å². The highest BCUT2D eigenvalue weighted by atomic mass is 32.2. The summed E-state index contributed by atoms with van der Waals surface area (Å²) in [5.41, 5.74) is 0.414. The molecule has 0 heterocycles. The Hall–Kier alpha value is -2.66. The summed E-state index contributed by atoms with van der Waals surface area (Å²) in [5.74, 6) is 3.09. The van der Waals surface area contributed by atoms with Gasteiger partial charge in [-0.15, -0.1) is 6.42 Å². The third-order valence-electron chi connectivity index (χ3n) is 5.86. The Kier molecular flexibility index (Phi) is 13.8. The van der Waals surface area contributed by atoms with Crippen LogP contribution in [0.1, 0.15) is 91.8 Å². The van der Waals surface area contributed by atoms with Gasteiger partial charge in [0.25, 0.3) is 0 Å². The molecular weight excluding hydrogens is 498 g/mol. The summed E-state index contributed by atoms with van der Waals surface area (Å²) in [6.45, 7) is 15.3. The van der Waals surface area contributed by atoms with Crippen molar-refractivity contribution in [3.05, 3.63) is 35.4 Å². The minimum absolute atomic E-state index is 0.141. The lowest BCUT2D eigenvalue weighted by Gasteiger charge is -2.39. The van der Waals surface area contributed by atoms with Crippen molar-refractivity contribution in [2.75, 3.05) is 12.0 Å². The lowest BCUT2D eigenvalue weighted by atomic mass is 9.94. The zero-order chi connectivity index (χ0) is 29.0. The number of alkyl carbamates (subject to hydrolysis) is 1. The molecule has 0 aliphatic heterocycles.